The van der Waals surface area contributed by atoms with E-state index in [1.54, 1.807) is 10.9 Å². The number of benzene rings is 1. The predicted octanol–water partition coefficient (Wildman–Crippen LogP) is 1.64. The second-order valence-corrected chi connectivity index (χ2v) is 4.01. The van der Waals surface area contributed by atoms with E-state index in [1.165, 1.54) is 0 Å². The maximum absolute atomic E-state index is 10.2. The lowest BCUT2D eigenvalue weighted by atomic mass is 9.99. The number of aliphatic hydroxyl groups is 1. The molecule has 0 aliphatic carbocycles. The highest BCUT2D eigenvalue weighted by molar-refractivity contribution is 5.23. The molecule has 2 atom stereocenters. The Hall–Kier alpha value is -1.65. The van der Waals surface area contributed by atoms with Crippen molar-refractivity contribution >= 4 is 0 Å². The normalized spacial score (nSPS) is 14.5. The first-order valence-corrected chi connectivity index (χ1v) is 5.73. The molecule has 0 saturated carbocycles. The molecule has 4 nitrogen and oxygen atoms in total. The molecule has 0 amide bonds. The molecule has 3 N–H and O–H groups in total. The van der Waals surface area contributed by atoms with E-state index < -0.39 is 12.1 Å². The topological polar surface area (TPSA) is 64.1 Å². The lowest BCUT2D eigenvalue weighted by Gasteiger charge is -2.17. The van der Waals surface area contributed by atoms with Crippen molar-refractivity contribution in [1.82, 2.24) is 9.78 Å². The molecule has 0 radical (unpaired) electrons. The van der Waals surface area contributed by atoms with Crippen LogP contribution in [0.3, 0.4) is 0 Å². The molecule has 17 heavy (non-hydrogen) atoms. The zero-order chi connectivity index (χ0) is 12.3. The molecule has 0 saturated heterocycles. The summed E-state index contributed by atoms with van der Waals surface area (Å²) in [6, 6.07) is 9.16. The van der Waals surface area contributed by atoms with E-state index >= 15 is 0 Å². The van der Waals surface area contributed by atoms with Gasteiger partial charge in [-0.3, -0.25) is 4.68 Å². The van der Waals surface area contributed by atoms with Gasteiger partial charge in [0.1, 0.15) is 6.10 Å². The van der Waals surface area contributed by atoms with Crippen LogP contribution in [0.1, 0.15) is 30.2 Å². The van der Waals surface area contributed by atoms with E-state index in [4.69, 9.17) is 5.73 Å². The number of aryl methyl sites for hydroxylation is 1. The minimum Gasteiger partial charge on any atom is -0.386 e. The lowest BCUT2D eigenvalue weighted by Crippen LogP contribution is -2.19. The number of rotatable bonds is 4. The third kappa shape index (κ3) is 2.54. The highest BCUT2D eigenvalue weighted by atomic mass is 16.3. The molecular weight excluding hydrogens is 214 g/mol. The third-order valence-electron chi connectivity index (χ3n) is 2.84. The van der Waals surface area contributed by atoms with E-state index in [9.17, 15) is 5.11 Å². The smallest absolute Gasteiger partial charge is 0.101 e. The standard InChI is InChI=1S/C13H17N3O/c1-2-16-9-11(8-15-16)13(17)12(14)10-6-4-3-5-7-10/h3-9,12-13,17H,2,14H2,1H3. The van der Waals surface area contributed by atoms with Crippen molar-refractivity contribution in [2.24, 2.45) is 5.73 Å². The summed E-state index contributed by atoms with van der Waals surface area (Å²) in [6.45, 7) is 2.79. The Balaban J connectivity index is 2.17. The summed E-state index contributed by atoms with van der Waals surface area (Å²) < 4.78 is 1.77. The Morgan fingerprint density at radius 2 is 2.00 bits per heavy atom. The monoisotopic (exact) mass is 231 g/mol. The molecule has 1 heterocycles. The summed E-state index contributed by atoms with van der Waals surface area (Å²) >= 11 is 0. The first-order chi connectivity index (χ1) is 8.22. The summed E-state index contributed by atoms with van der Waals surface area (Å²) in [4.78, 5) is 0. The molecule has 0 aliphatic heterocycles. The average Bonchev–Trinajstić information content (AvgIpc) is 2.87. The van der Waals surface area contributed by atoms with Crippen molar-refractivity contribution in [2.75, 3.05) is 0 Å². The van der Waals surface area contributed by atoms with Crippen molar-refractivity contribution in [1.29, 1.82) is 0 Å². The summed E-state index contributed by atoms with van der Waals surface area (Å²) in [5.41, 5.74) is 7.71. The molecule has 0 bridgehead atoms. The number of aliphatic hydroxyl groups excluding tert-OH is 1. The Bertz CT molecular complexity index is 467. The van der Waals surface area contributed by atoms with Crippen LogP contribution < -0.4 is 5.73 Å². The van der Waals surface area contributed by atoms with E-state index in [0.717, 1.165) is 17.7 Å². The Morgan fingerprint density at radius 3 is 2.59 bits per heavy atom. The fraction of sp³-hybridized carbons (Fsp3) is 0.308. The van der Waals surface area contributed by atoms with Crippen LogP contribution in [0.4, 0.5) is 0 Å². The number of hydrogen-bond acceptors (Lipinski definition) is 3. The van der Waals surface area contributed by atoms with Crippen molar-refractivity contribution in [3.05, 3.63) is 53.9 Å². The van der Waals surface area contributed by atoms with Gasteiger partial charge in [-0.1, -0.05) is 30.3 Å². The fourth-order valence-corrected chi connectivity index (χ4v) is 1.77. The van der Waals surface area contributed by atoms with Crippen LogP contribution in [0.5, 0.6) is 0 Å². The Morgan fingerprint density at radius 1 is 1.29 bits per heavy atom. The van der Waals surface area contributed by atoms with Gasteiger partial charge in [0.2, 0.25) is 0 Å². The third-order valence-corrected chi connectivity index (χ3v) is 2.84. The van der Waals surface area contributed by atoms with Gasteiger partial charge < -0.3 is 10.8 Å². The number of hydrogen-bond donors (Lipinski definition) is 2. The predicted molar refractivity (Wildman–Crippen MR) is 66.2 cm³/mol. The highest BCUT2D eigenvalue weighted by Gasteiger charge is 2.19. The minimum atomic E-state index is -0.724. The average molecular weight is 231 g/mol. The largest absolute Gasteiger partial charge is 0.386 e. The Kier molecular flexibility index (Phi) is 3.56. The van der Waals surface area contributed by atoms with Gasteiger partial charge in [-0.15, -0.1) is 0 Å². The second kappa shape index (κ2) is 5.12. The van der Waals surface area contributed by atoms with Crippen LogP contribution in [0.2, 0.25) is 0 Å². The van der Waals surface area contributed by atoms with Gasteiger partial charge in [0.25, 0.3) is 0 Å². The molecule has 90 valence electrons. The van der Waals surface area contributed by atoms with Crippen LogP contribution in [-0.2, 0) is 6.54 Å². The van der Waals surface area contributed by atoms with Crippen LogP contribution in [-0.4, -0.2) is 14.9 Å². The molecule has 1 aromatic heterocycles. The van der Waals surface area contributed by atoms with Gasteiger partial charge in [-0.05, 0) is 12.5 Å². The van der Waals surface area contributed by atoms with Crippen molar-refractivity contribution in [3.63, 3.8) is 0 Å². The number of nitrogens with zero attached hydrogens (tertiary/aromatic N) is 2. The van der Waals surface area contributed by atoms with E-state index in [-0.39, 0.29) is 0 Å². The minimum absolute atomic E-state index is 0.425. The van der Waals surface area contributed by atoms with Gasteiger partial charge in [0.15, 0.2) is 0 Å². The lowest BCUT2D eigenvalue weighted by molar-refractivity contribution is 0.147. The van der Waals surface area contributed by atoms with Crippen molar-refractivity contribution in [2.45, 2.75) is 25.6 Å². The van der Waals surface area contributed by atoms with Gasteiger partial charge >= 0.3 is 0 Å². The van der Waals surface area contributed by atoms with Crippen LogP contribution in [0.15, 0.2) is 42.7 Å². The zero-order valence-electron chi connectivity index (χ0n) is 9.82. The molecule has 2 unspecified atom stereocenters. The number of aromatic nitrogens is 2. The first kappa shape index (κ1) is 11.8. The van der Waals surface area contributed by atoms with Crippen LogP contribution in [0, 0.1) is 0 Å². The Labute approximate surface area is 101 Å². The van der Waals surface area contributed by atoms with Crippen molar-refractivity contribution in [3.8, 4) is 0 Å². The van der Waals surface area contributed by atoms with Crippen molar-refractivity contribution < 1.29 is 5.11 Å². The molecule has 2 aromatic rings. The summed E-state index contributed by atoms with van der Waals surface area (Å²) in [5.74, 6) is 0. The molecule has 0 fully saturated rings. The number of nitrogens with two attached hydrogens (primary N) is 1. The quantitative estimate of drug-likeness (QED) is 0.840. The molecule has 4 heteroatoms. The highest BCUT2D eigenvalue weighted by Crippen LogP contribution is 2.25. The van der Waals surface area contributed by atoms with Gasteiger partial charge in [-0.2, -0.15) is 5.10 Å². The van der Waals surface area contributed by atoms with Crippen LogP contribution >= 0.6 is 0 Å². The maximum Gasteiger partial charge on any atom is 0.101 e. The molecule has 2 rings (SSSR count). The van der Waals surface area contributed by atoms with E-state index in [2.05, 4.69) is 5.10 Å². The molecule has 1 aromatic carbocycles. The van der Waals surface area contributed by atoms with E-state index in [1.807, 2.05) is 43.5 Å². The molecule has 0 aliphatic rings. The second-order valence-electron chi connectivity index (χ2n) is 4.01. The van der Waals surface area contributed by atoms with E-state index in [0.29, 0.717) is 0 Å². The maximum atomic E-state index is 10.2. The molecular formula is C13H17N3O. The SMILES string of the molecule is CCn1cc(C(O)C(N)c2ccccc2)cn1. The zero-order valence-corrected chi connectivity index (χ0v) is 9.82. The fourth-order valence-electron chi connectivity index (χ4n) is 1.77. The van der Waals surface area contributed by atoms with Gasteiger partial charge in [-0.25, -0.2) is 0 Å². The summed E-state index contributed by atoms with van der Waals surface area (Å²) in [7, 11) is 0. The summed E-state index contributed by atoms with van der Waals surface area (Å²) in [5, 5.41) is 14.3. The van der Waals surface area contributed by atoms with Gasteiger partial charge in [0, 0.05) is 18.3 Å². The molecule has 0 spiro atoms. The summed E-state index contributed by atoms with van der Waals surface area (Å²) in [6.07, 6.45) is 2.77. The first-order valence-electron chi connectivity index (χ1n) is 5.73. The van der Waals surface area contributed by atoms with Crippen LogP contribution in [0.25, 0.3) is 0 Å². The van der Waals surface area contributed by atoms with Gasteiger partial charge in [0.05, 0.1) is 12.2 Å².